The van der Waals surface area contributed by atoms with E-state index in [2.05, 4.69) is 10.4 Å². The van der Waals surface area contributed by atoms with Crippen LogP contribution in [0.4, 0.5) is 26.7 Å². The lowest BCUT2D eigenvalue weighted by molar-refractivity contribution is -0.0450. The molecule has 1 aromatic heterocycles. The molecule has 38 heavy (non-hydrogen) atoms. The van der Waals surface area contributed by atoms with Crippen molar-refractivity contribution in [3.63, 3.8) is 0 Å². The second kappa shape index (κ2) is 9.75. The summed E-state index contributed by atoms with van der Waals surface area (Å²) < 4.78 is 97.6. The topological polar surface area (TPSA) is 96.8 Å². The van der Waals surface area contributed by atoms with Crippen molar-refractivity contribution in [3.05, 3.63) is 52.9 Å². The summed E-state index contributed by atoms with van der Waals surface area (Å²) in [6, 6.07) is 1.11. The van der Waals surface area contributed by atoms with E-state index < -0.39 is 50.9 Å². The Labute approximate surface area is 216 Å². The molecule has 1 saturated heterocycles. The Hall–Kier alpha value is -2.78. The molecule has 3 unspecified atom stereocenters. The molecule has 0 saturated carbocycles. The predicted octanol–water partition coefficient (Wildman–Crippen LogP) is 3.51. The number of ether oxygens (including phenoxy) is 1. The van der Waals surface area contributed by atoms with Crippen LogP contribution in [0.1, 0.15) is 50.1 Å². The van der Waals surface area contributed by atoms with Crippen LogP contribution in [0.2, 0.25) is 0 Å². The van der Waals surface area contributed by atoms with Crippen LogP contribution in [0.3, 0.4) is 0 Å². The first kappa shape index (κ1) is 28.2. The van der Waals surface area contributed by atoms with Gasteiger partial charge in [0.1, 0.15) is 17.2 Å². The number of nitrogens with zero attached hydrogens (tertiary/aromatic N) is 4. The molecule has 0 radical (unpaired) electrons. The summed E-state index contributed by atoms with van der Waals surface area (Å²) in [5, 5.41) is 6.19. The third-order valence-electron chi connectivity index (χ3n) is 6.54. The largest absolute Gasteiger partial charge is 0.518 e. The summed E-state index contributed by atoms with van der Waals surface area (Å²) in [7, 11) is -4.05. The quantitative estimate of drug-likeness (QED) is 0.567. The minimum absolute atomic E-state index is 0.0101. The molecule has 2 aliphatic rings. The third-order valence-corrected chi connectivity index (χ3v) is 7.90. The van der Waals surface area contributed by atoms with E-state index in [1.165, 1.54) is 0 Å². The molecule has 3 atom stereocenters. The van der Waals surface area contributed by atoms with Gasteiger partial charge in [-0.2, -0.15) is 30.8 Å². The highest BCUT2D eigenvalue weighted by Gasteiger charge is 2.50. The van der Waals surface area contributed by atoms with Gasteiger partial charge in [-0.25, -0.2) is 13.6 Å². The fourth-order valence-electron chi connectivity index (χ4n) is 5.02. The molecular formula is C23H28F5N5O4S. The molecule has 0 aliphatic carbocycles. The maximum atomic E-state index is 14.8. The highest BCUT2D eigenvalue weighted by atomic mass is 32.2. The Kier molecular flexibility index (Phi) is 7.25. The Morgan fingerprint density at radius 3 is 2.47 bits per heavy atom. The Morgan fingerprint density at radius 2 is 1.84 bits per heavy atom. The van der Waals surface area contributed by atoms with Gasteiger partial charge in [0.25, 0.3) is 0 Å². The maximum Gasteiger partial charge on any atom is 0.518 e. The van der Waals surface area contributed by atoms with Crippen LogP contribution >= 0.6 is 0 Å². The number of hydrogen-bond acceptors (Lipinski definition) is 7. The van der Waals surface area contributed by atoms with Crippen LogP contribution in [0.5, 0.6) is 0 Å². The predicted molar refractivity (Wildman–Crippen MR) is 125 cm³/mol. The van der Waals surface area contributed by atoms with Crippen molar-refractivity contribution >= 4 is 16.1 Å². The summed E-state index contributed by atoms with van der Waals surface area (Å²) in [6.07, 6.45) is 0.524. The molecule has 1 fully saturated rings. The number of amides is 1. The minimum atomic E-state index is -5.70. The van der Waals surface area contributed by atoms with Crippen LogP contribution < -0.4 is 5.32 Å². The van der Waals surface area contributed by atoms with E-state index in [0.29, 0.717) is 5.56 Å². The molecule has 1 aromatic carbocycles. The van der Waals surface area contributed by atoms with Gasteiger partial charge in [0.05, 0.1) is 24.0 Å². The molecule has 1 amide bonds. The lowest BCUT2D eigenvalue weighted by Gasteiger charge is -2.46. The number of piperidine rings is 1. The van der Waals surface area contributed by atoms with Gasteiger partial charge in [-0.1, -0.05) is 0 Å². The number of likely N-dealkylation sites (N-methyl/N-ethyl adjacent to an activating group) is 1. The summed E-state index contributed by atoms with van der Waals surface area (Å²) in [4.78, 5) is 16.1. The number of carbonyl (C=O) groups is 1. The van der Waals surface area contributed by atoms with E-state index in [9.17, 15) is 35.2 Å². The van der Waals surface area contributed by atoms with E-state index in [1.54, 1.807) is 37.6 Å². The lowest BCUT2D eigenvalue weighted by atomic mass is 9.87. The van der Waals surface area contributed by atoms with E-state index >= 15 is 0 Å². The number of nitrogens with one attached hydrogen (secondary N) is 1. The molecule has 0 bridgehead atoms. The third kappa shape index (κ3) is 5.50. The second-order valence-corrected chi connectivity index (χ2v) is 12.3. The highest BCUT2D eigenvalue weighted by molar-refractivity contribution is 7.90. The number of benzene rings is 1. The number of alkyl carbamates (subject to hydrolysis) is 1. The van der Waals surface area contributed by atoms with Crippen molar-refractivity contribution < 1.29 is 39.9 Å². The monoisotopic (exact) mass is 565 g/mol. The second-order valence-electron chi connectivity index (χ2n) is 10.5. The summed E-state index contributed by atoms with van der Waals surface area (Å²) in [6.45, 7) is 5.28. The first-order chi connectivity index (χ1) is 17.5. The zero-order chi connectivity index (χ0) is 28.2. The van der Waals surface area contributed by atoms with Gasteiger partial charge in [0.2, 0.25) is 0 Å². The van der Waals surface area contributed by atoms with Crippen molar-refractivity contribution in [2.75, 3.05) is 13.6 Å². The van der Waals surface area contributed by atoms with E-state index in [0.717, 1.165) is 24.4 Å². The number of carbonyl (C=O) groups excluding carboxylic acids is 1. The fourth-order valence-corrected chi connectivity index (χ4v) is 5.85. The summed E-state index contributed by atoms with van der Waals surface area (Å²) >= 11 is 0. The first-order valence-corrected chi connectivity index (χ1v) is 13.2. The summed E-state index contributed by atoms with van der Waals surface area (Å²) in [5.41, 5.74) is -6.08. The van der Waals surface area contributed by atoms with Crippen LogP contribution in [0, 0.1) is 11.6 Å². The molecule has 210 valence electrons. The zero-order valence-electron chi connectivity index (χ0n) is 21.1. The number of fused-ring (bicyclic) bond motifs is 1. The summed E-state index contributed by atoms with van der Waals surface area (Å²) in [5.74, 6) is -1.32. The molecule has 15 heteroatoms. The minimum Gasteiger partial charge on any atom is -0.444 e. The van der Waals surface area contributed by atoms with E-state index in [1.807, 2.05) is 0 Å². The maximum absolute atomic E-state index is 14.8. The molecule has 1 N–H and O–H groups in total. The van der Waals surface area contributed by atoms with E-state index in [4.69, 9.17) is 4.74 Å². The molecule has 0 spiro atoms. The average molecular weight is 566 g/mol. The molecule has 4 rings (SSSR count). The van der Waals surface area contributed by atoms with Gasteiger partial charge < -0.3 is 10.1 Å². The lowest BCUT2D eigenvalue weighted by Crippen LogP contribution is -2.57. The first-order valence-electron chi connectivity index (χ1n) is 11.7. The van der Waals surface area contributed by atoms with Crippen molar-refractivity contribution in [1.29, 1.82) is 0 Å². The van der Waals surface area contributed by atoms with Gasteiger partial charge in [-0.05, 0) is 52.4 Å². The molecular weight excluding hydrogens is 537 g/mol. The normalized spacial score (nSPS) is 23.3. The smallest absolute Gasteiger partial charge is 0.444 e. The number of rotatable bonds is 4. The average Bonchev–Trinajstić information content (AvgIpc) is 3.34. The number of likely N-dealkylation sites (tertiary alicyclic amines) is 1. The van der Waals surface area contributed by atoms with Gasteiger partial charge in [0.15, 0.2) is 0 Å². The Bertz CT molecular complexity index is 1320. The van der Waals surface area contributed by atoms with Gasteiger partial charge >= 0.3 is 21.6 Å². The zero-order valence-corrected chi connectivity index (χ0v) is 21.9. The Morgan fingerprint density at radius 1 is 1.16 bits per heavy atom. The molecule has 9 nitrogen and oxygen atoms in total. The molecule has 2 aromatic rings. The van der Waals surface area contributed by atoms with Crippen LogP contribution in [0.25, 0.3) is 0 Å². The van der Waals surface area contributed by atoms with Crippen molar-refractivity contribution in [1.82, 2.24) is 24.3 Å². The number of aromatic nitrogens is 2. The number of hydrogen-bond donors (Lipinski definition) is 1. The van der Waals surface area contributed by atoms with Crippen LogP contribution in [0.15, 0.2) is 24.4 Å². The number of alkyl halides is 3. The SMILES string of the molecule is CN1CC(N2Cc3cnn(S(=O)(=O)C(F)(F)F)c3C2)CC(NC(=O)OC(C)(C)C)C1c1cc(F)ccc1F. The van der Waals surface area contributed by atoms with Crippen molar-refractivity contribution in [2.45, 2.75) is 69.5 Å². The highest BCUT2D eigenvalue weighted by Crippen LogP contribution is 2.37. The standard InChI is InChI=1S/C23H28F5N5O4S/c1-22(2,3)37-21(34)30-18-8-15(11-31(4)20(18)16-7-14(24)5-6-17(16)25)32-10-13-9-29-33(19(13)12-32)38(35,36)23(26,27)28/h5-7,9,15,18,20H,8,10-12H2,1-4H3,(H,30,34). The van der Waals surface area contributed by atoms with Gasteiger partial charge in [0, 0.05) is 36.8 Å². The molecule has 3 heterocycles. The van der Waals surface area contributed by atoms with Crippen molar-refractivity contribution in [2.24, 2.45) is 0 Å². The van der Waals surface area contributed by atoms with Gasteiger partial charge in [-0.3, -0.25) is 9.80 Å². The van der Waals surface area contributed by atoms with Gasteiger partial charge in [-0.15, -0.1) is 0 Å². The fraction of sp³-hybridized carbons (Fsp3) is 0.565. The Balaban J connectivity index is 1.61. The van der Waals surface area contributed by atoms with E-state index in [-0.39, 0.29) is 47.4 Å². The van der Waals surface area contributed by atoms with Crippen LogP contribution in [-0.2, 0) is 27.8 Å². The van der Waals surface area contributed by atoms with Crippen LogP contribution in [-0.4, -0.2) is 70.3 Å². The number of halogens is 5. The molecule has 2 aliphatic heterocycles. The van der Waals surface area contributed by atoms with Crippen molar-refractivity contribution in [3.8, 4) is 0 Å².